The molecule has 2 fully saturated rings. The lowest BCUT2D eigenvalue weighted by Crippen LogP contribution is -2.56. The van der Waals surface area contributed by atoms with E-state index in [4.69, 9.17) is 20.3 Å². The number of rotatable bonds is 5. The second-order valence-electron chi connectivity index (χ2n) is 9.93. The maximum atomic E-state index is 12.3. The van der Waals surface area contributed by atoms with Gasteiger partial charge in [0.1, 0.15) is 22.6 Å². The Bertz CT molecular complexity index is 1090. The van der Waals surface area contributed by atoms with Crippen LogP contribution < -0.4 is 10.6 Å². The molecule has 3 heterocycles. The van der Waals surface area contributed by atoms with Crippen LogP contribution in [0.4, 0.5) is 4.79 Å². The van der Waals surface area contributed by atoms with E-state index in [2.05, 4.69) is 15.1 Å². The van der Waals surface area contributed by atoms with E-state index in [-0.39, 0.29) is 12.1 Å². The van der Waals surface area contributed by atoms with E-state index >= 15 is 0 Å². The van der Waals surface area contributed by atoms with E-state index in [0.717, 1.165) is 42.7 Å². The zero-order valence-electron chi connectivity index (χ0n) is 20.7. The van der Waals surface area contributed by atoms with Crippen molar-refractivity contribution in [3.8, 4) is 5.75 Å². The van der Waals surface area contributed by atoms with Crippen molar-refractivity contribution in [2.24, 2.45) is 15.9 Å². The number of hydrogen-bond acceptors (Lipinski definition) is 8. The van der Waals surface area contributed by atoms with E-state index in [1.54, 1.807) is 22.7 Å². The third kappa shape index (κ3) is 5.16. The van der Waals surface area contributed by atoms with Gasteiger partial charge in [0.2, 0.25) is 0 Å². The lowest BCUT2D eigenvalue weighted by Gasteiger charge is -2.45. The van der Waals surface area contributed by atoms with E-state index in [1.807, 2.05) is 46.0 Å². The fourth-order valence-corrected chi connectivity index (χ4v) is 4.56. The quantitative estimate of drug-likeness (QED) is 0.409. The third-order valence-corrected chi connectivity index (χ3v) is 6.38. The van der Waals surface area contributed by atoms with Crippen LogP contribution >= 0.6 is 0 Å². The van der Waals surface area contributed by atoms with Gasteiger partial charge in [-0.3, -0.25) is 9.89 Å². The second kappa shape index (κ2) is 9.61. The molecular formula is C24H35N7O3. The number of pyridine rings is 1. The van der Waals surface area contributed by atoms with E-state index in [1.165, 1.54) is 0 Å². The molecule has 0 atom stereocenters. The number of aromatic nitrogens is 2. The van der Waals surface area contributed by atoms with Gasteiger partial charge in [-0.05, 0) is 52.7 Å². The van der Waals surface area contributed by atoms with Crippen LogP contribution in [0.2, 0.25) is 0 Å². The Hall–Kier alpha value is -3.14. The molecule has 10 nitrogen and oxygen atoms in total. The molecule has 4 rings (SSSR count). The van der Waals surface area contributed by atoms with Crippen molar-refractivity contribution in [2.75, 3.05) is 33.3 Å². The van der Waals surface area contributed by atoms with Crippen molar-refractivity contribution in [3.05, 3.63) is 30.1 Å². The van der Waals surface area contributed by atoms with Crippen LogP contribution in [0.15, 0.2) is 34.6 Å². The summed E-state index contributed by atoms with van der Waals surface area (Å²) in [5.41, 5.74) is 2.66. The monoisotopic (exact) mass is 469 g/mol. The van der Waals surface area contributed by atoms with Gasteiger partial charge < -0.3 is 20.2 Å². The van der Waals surface area contributed by atoms with Crippen LogP contribution in [-0.2, 0) is 4.74 Å². The lowest BCUT2D eigenvalue weighted by molar-refractivity contribution is 0.00337. The number of amides is 1. The highest BCUT2D eigenvalue weighted by Gasteiger charge is 2.36. The topological polar surface area (TPSA) is 110 Å². The van der Waals surface area contributed by atoms with Gasteiger partial charge in [0, 0.05) is 44.0 Å². The minimum atomic E-state index is -0.466. The molecule has 1 aliphatic carbocycles. The van der Waals surface area contributed by atoms with Crippen molar-refractivity contribution in [3.63, 3.8) is 0 Å². The van der Waals surface area contributed by atoms with Gasteiger partial charge in [0.15, 0.2) is 0 Å². The van der Waals surface area contributed by atoms with Crippen molar-refractivity contribution >= 4 is 23.0 Å². The number of piperazine rings is 1. The first-order valence-electron chi connectivity index (χ1n) is 11.7. The molecule has 0 unspecified atom stereocenters. The second-order valence-corrected chi connectivity index (χ2v) is 9.93. The van der Waals surface area contributed by atoms with Gasteiger partial charge in [-0.2, -0.15) is 10.2 Å². The Morgan fingerprint density at radius 2 is 1.91 bits per heavy atom. The smallest absolute Gasteiger partial charge is 0.410 e. The van der Waals surface area contributed by atoms with Gasteiger partial charge in [0.05, 0.1) is 25.1 Å². The number of nitrogens with two attached hydrogens (primary N) is 1. The number of carbonyl (C=O) groups is 1. The Morgan fingerprint density at radius 3 is 2.53 bits per heavy atom. The standard InChI is InChI=1S/C24H35N7O3/c1-16(22(28-25)17-12-21(33-5)20-6-7-26-31(20)15-17)27-18-13-19(14-18)29-8-10-30(11-9-29)23(32)34-24(2,3)4/h6-7,12,15,18-19H,8-11,13-14,25H2,1-5H3/b27-16?,28-22+. The van der Waals surface area contributed by atoms with Crippen LogP contribution in [0.3, 0.4) is 0 Å². The molecule has 0 radical (unpaired) electrons. The van der Waals surface area contributed by atoms with Crippen molar-refractivity contribution in [1.82, 2.24) is 19.4 Å². The average molecular weight is 470 g/mol. The number of carbonyl (C=O) groups excluding carboxylic acids is 1. The maximum absolute atomic E-state index is 12.3. The van der Waals surface area contributed by atoms with Crippen molar-refractivity contribution in [2.45, 2.75) is 58.2 Å². The van der Waals surface area contributed by atoms with Crippen LogP contribution in [0, 0.1) is 0 Å². The molecule has 1 saturated carbocycles. The first-order valence-corrected chi connectivity index (χ1v) is 11.7. The number of fused-ring (bicyclic) bond motifs is 1. The highest BCUT2D eigenvalue weighted by molar-refractivity contribution is 6.47. The number of hydrazone groups is 1. The number of aliphatic imine (C=N–C) groups is 1. The summed E-state index contributed by atoms with van der Waals surface area (Å²) in [4.78, 5) is 21.4. The van der Waals surface area contributed by atoms with Gasteiger partial charge >= 0.3 is 6.09 Å². The van der Waals surface area contributed by atoms with Crippen LogP contribution in [0.5, 0.6) is 5.75 Å². The van der Waals surface area contributed by atoms with Gasteiger partial charge in [0.25, 0.3) is 0 Å². The molecule has 10 heteroatoms. The Kier molecular flexibility index (Phi) is 6.79. The summed E-state index contributed by atoms with van der Waals surface area (Å²) in [5, 5.41) is 8.34. The molecule has 0 bridgehead atoms. The van der Waals surface area contributed by atoms with Crippen molar-refractivity contribution < 1.29 is 14.3 Å². The molecule has 184 valence electrons. The molecular weight excluding hydrogens is 434 g/mol. The Morgan fingerprint density at radius 1 is 1.21 bits per heavy atom. The zero-order chi connectivity index (χ0) is 24.5. The molecule has 1 saturated heterocycles. The fraction of sp³-hybridized carbons (Fsp3) is 0.583. The summed E-state index contributed by atoms with van der Waals surface area (Å²) in [6.45, 7) is 10.7. The van der Waals surface area contributed by atoms with Crippen LogP contribution in [0.25, 0.3) is 5.52 Å². The number of ether oxygens (including phenoxy) is 2. The zero-order valence-corrected chi connectivity index (χ0v) is 20.7. The summed E-state index contributed by atoms with van der Waals surface area (Å²) in [6, 6.07) is 4.53. The minimum Gasteiger partial charge on any atom is -0.494 e. The van der Waals surface area contributed by atoms with Crippen LogP contribution in [0.1, 0.15) is 46.1 Å². The summed E-state index contributed by atoms with van der Waals surface area (Å²) in [7, 11) is 1.63. The van der Waals surface area contributed by atoms with Gasteiger partial charge in [-0.1, -0.05) is 0 Å². The molecule has 0 aromatic carbocycles. The van der Waals surface area contributed by atoms with Gasteiger partial charge in [-0.25, -0.2) is 9.31 Å². The molecule has 2 aromatic rings. The number of methoxy groups -OCH3 is 1. The molecule has 1 amide bonds. The largest absolute Gasteiger partial charge is 0.494 e. The highest BCUT2D eigenvalue weighted by Crippen LogP contribution is 2.30. The molecule has 2 aromatic heterocycles. The van der Waals surface area contributed by atoms with E-state index in [0.29, 0.717) is 30.6 Å². The molecule has 2 N–H and O–H groups in total. The Balaban J connectivity index is 1.33. The highest BCUT2D eigenvalue weighted by atomic mass is 16.6. The number of nitrogens with zero attached hydrogens (tertiary/aromatic N) is 6. The molecule has 2 aliphatic rings. The normalized spacial score (nSPS) is 22.6. The first-order chi connectivity index (χ1) is 16.2. The fourth-order valence-electron chi connectivity index (χ4n) is 4.56. The summed E-state index contributed by atoms with van der Waals surface area (Å²) < 4.78 is 12.8. The number of hydrogen-bond donors (Lipinski definition) is 1. The predicted molar refractivity (Wildman–Crippen MR) is 132 cm³/mol. The van der Waals surface area contributed by atoms with Crippen LogP contribution in [-0.4, -0.2) is 87.9 Å². The van der Waals surface area contributed by atoms with Gasteiger partial charge in [-0.15, -0.1) is 0 Å². The summed E-state index contributed by atoms with van der Waals surface area (Å²) >= 11 is 0. The van der Waals surface area contributed by atoms with E-state index < -0.39 is 5.60 Å². The molecule has 34 heavy (non-hydrogen) atoms. The Labute approximate surface area is 200 Å². The average Bonchev–Trinajstić information content (AvgIpc) is 3.23. The molecule has 0 spiro atoms. The SMILES string of the molecule is COc1cc(/C(=N/N)C(C)=NC2CC(N3CCN(C(=O)OC(C)(C)C)CC3)C2)cn2nccc12. The molecule has 1 aliphatic heterocycles. The first kappa shape index (κ1) is 24.0. The van der Waals surface area contributed by atoms with Crippen molar-refractivity contribution in [1.29, 1.82) is 0 Å². The minimum absolute atomic E-state index is 0.225. The predicted octanol–water partition coefficient (Wildman–Crippen LogP) is 2.55. The summed E-state index contributed by atoms with van der Waals surface area (Å²) in [6.07, 6.45) is 5.36. The third-order valence-electron chi connectivity index (χ3n) is 6.38. The maximum Gasteiger partial charge on any atom is 0.410 e. The summed E-state index contributed by atoms with van der Waals surface area (Å²) in [5.74, 6) is 6.46. The van der Waals surface area contributed by atoms with E-state index in [9.17, 15) is 4.79 Å². The lowest BCUT2D eigenvalue weighted by atomic mass is 9.85.